The molecule has 0 aromatic heterocycles. The number of hydrogen-bond acceptors (Lipinski definition) is 4. The summed E-state index contributed by atoms with van der Waals surface area (Å²) < 4.78 is 5.91. The summed E-state index contributed by atoms with van der Waals surface area (Å²) >= 11 is 0. The smallest absolute Gasteiger partial charge is 0.320 e. The lowest BCUT2D eigenvalue weighted by Gasteiger charge is -2.30. The van der Waals surface area contributed by atoms with Crippen molar-refractivity contribution in [3.63, 3.8) is 0 Å². The van der Waals surface area contributed by atoms with Crippen LogP contribution in [0.4, 0.5) is 5.69 Å². The minimum atomic E-state index is -0.983. The Morgan fingerprint density at radius 1 is 1.61 bits per heavy atom. The largest absolute Gasteiger partial charge is 0.480 e. The number of hydrogen-bond donors (Lipinski definition) is 3. The Balaban J connectivity index is 1.99. The van der Waals surface area contributed by atoms with Crippen LogP contribution < -0.4 is 11.1 Å². The number of rotatable bonds is 3. The number of aliphatic carboxylic acids is 1. The van der Waals surface area contributed by atoms with Crippen LogP contribution in [0.3, 0.4) is 0 Å². The average molecular weight is 248 g/mol. The summed E-state index contributed by atoms with van der Waals surface area (Å²) in [6.45, 7) is 0.637. The maximum absolute atomic E-state index is 11.0. The van der Waals surface area contributed by atoms with E-state index in [-0.39, 0.29) is 6.04 Å². The fourth-order valence-corrected chi connectivity index (χ4v) is 3.04. The third-order valence-corrected chi connectivity index (χ3v) is 3.88. The van der Waals surface area contributed by atoms with Crippen molar-refractivity contribution in [3.05, 3.63) is 29.8 Å². The predicted molar refractivity (Wildman–Crippen MR) is 66.3 cm³/mol. The molecule has 4 N–H and O–H groups in total. The highest BCUT2D eigenvalue weighted by Gasteiger charge is 2.52. The first-order valence-electron chi connectivity index (χ1n) is 6.12. The molecule has 0 bridgehead atoms. The van der Waals surface area contributed by atoms with Gasteiger partial charge in [-0.2, -0.15) is 0 Å². The van der Waals surface area contributed by atoms with Gasteiger partial charge in [-0.15, -0.1) is 0 Å². The number of carbonyl (C=O) groups is 1. The van der Waals surface area contributed by atoms with Crippen LogP contribution in [0.15, 0.2) is 24.3 Å². The lowest BCUT2D eigenvalue weighted by Crippen LogP contribution is -2.44. The number of benzene rings is 1. The van der Waals surface area contributed by atoms with Crippen molar-refractivity contribution in [3.8, 4) is 0 Å². The topological polar surface area (TPSA) is 84.6 Å². The summed E-state index contributed by atoms with van der Waals surface area (Å²) in [7, 11) is 0. The second kappa shape index (κ2) is 3.96. The van der Waals surface area contributed by atoms with E-state index in [0.29, 0.717) is 13.0 Å². The summed E-state index contributed by atoms with van der Waals surface area (Å²) in [6.07, 6.45) is 1.18. The highest BCUT2D eigenvalue weighted by atomic mass is 16.5. The molecule has 2 aliphatic rings. The molecule has 1 aromatic carbocycles. The molecule has 0 spiro atoms. The zero-order valence-electron chi connectivity index (χ0n) is 9.93. The molecule has 0 unspecified atom stereocenters. The molecule has 0 radical (unpaired) electrons. The Morgan fingerprint density at radius 2 is 2.39 bits per heavy atom. The molecule has 1 fully saturated rings. The molecular weight excluding hydrogens is 232 g/mol. The number of nitrogens with two attached hydrogens (primary N) is 1. The Morgan fingerprint density at radius 3 is 3.17 bits per heavy atom. The first-order chi connectivity index (χ1) is 8.63. The minimum absolute atomic E-state index is 0.125. The van der Waals surface area contributed by atoms with E-state index in [1.54, 1.807) is 0 Å². The van der Waals surface area contributed by atoms with E-state index in [1.165, 1.54) is 0 Å². The van der Waals surface area contributed by atoms with Gasteiger partial charge in [0.05, 0.1) is 6.04 Å². The van der Waals surface area contributed by atoms with E-state index in [1.807, 2.05) is 24.3 Å². The predicted octanol–water partition coefficient (Wildman–Crippen LogP) is 0.898. The second-order valence-corrected chi connectivity index (χ2v) is 4.92. The summed E-state index contributed by atoms with van der Waals surface area (Å²) in [5.41, 5.74) is 7.18. The molecule has 5 heteroatoms. The number of carboxylic acids is 1. The number of ether oxygens (including phenoxy) is 1. The van der Waals surface area contributed by atoms with E-state index in [0.717, 1.165) is 17.7 Å². The summed E-state index contributed by atoms with van der Waals surface area (Å²) in [6, 6.07) is 7.10. The van der Waals surface area contributed by atoms with Gasteiger partial charge in [-0.1, -0.05) is 18.2 Å². The normalized spacial score (nSPS) is 30.4. The summed E-state index contributed by atoms with van der Waals surface area (Å²) in [5, 5.41) is 12.4. The van der Waals surface area contributed by atoms with Gasteiger partial charge in [-0.05, 0) is 12.5 Å². The molecule has 5 nitrogen and oxygen atoms in total. The molecule has 0 amide bonds. The molecule has 18 heavy (non-hydrogen) atoms. The highest BCUT2D eigenvalue weighted by molar-refractivity contribution is 5.74. The van der Waals surface area contributed by atoms with Crippen LogP contribution in [0.5, 0.6) is 0 Å². The molecule has 0 aliphatic carbocycles. The van der Waals surface area contributed by atoms with Crippen LogP contribution in [-0.4, -0.2) is 29.8 Å². The van der Waals surface area contributed by atoms with Gasteiger partial charge < -0.3 is 20.9 Å². The third kappa shape index (κ3) is 1.51. The van der Waals surface area contributed by atoms with Crippen molar-refractivity contribution in [2.45, 2.75) is 30.5 Å². The van der Waals surface area contributed by atoms with Gasteiger partial charge >= 0.3 is 5.97 Å². The lowest BCUT2D eigenvalue weighted by atomic mass is 9.84. The van der Waals surface area contributed by atoms with Gasteiger partial charge in [0.1, 0.15) is 11.6 Å². The van der Waals surface area contributed by atoms with Crippen molar-refractivity contribution in [1.82, 2.24) is 0 Å². The van der Waals surface area contributed by atoms with E-state index in [2.05, 4.69) is 5.32 Å². The molecule has 3 atom stereocenters. The van der Waals surface area contributed by atoms with Crippen molar-refractivity contribution >= 4 is 11.7 Å². The Labute approximate surface area is 105 Å². The highest BCUT2D eigenvalue weighted by Crippen LogP contribution is 2.49. The van der Waals surface area contributed by atoms with Crippen LogP contribution in [-0.2, 0) is 15.1 Å². The third-order valence-electron chi connectivity index (χ3n) is 3.88. The molecule has 2 heterocycles. The molecule has 1 saturated heterocycles. The number of nitrogens with one attached hydrogen (secondary N) is 1. The Hall–Kier alpha value is -1.59. The first kappa shape index (κ1) is 11.5. The molecule has 2 aliphatic heterocycles. The molecule has 96 valence electrons. The fraction of sp³-hybridized carbons (Fsp3) is 0.462. The van der Waals surface area contributed by atoms with E-state index in [4.69, 9.17) is 15.6 Å². The second-order valence-electron chi connectivity index (χ2n) is 4.92. The monoisotopic (exact) mass is 248 g/mol. The first-order valence-corrected chi connectivity index (χ1v) is 6.12. The Kier molecular flexibility index (Phi) is 2.53. The van der Waals surface area contributed by atoms with Crippen molar-refractivity contribution in [1.29, 1.82) is 0 Å². The van der Waals surface area contributed by atoms with E-state index >= 15 is 0 Å². The zero-order valence-corrected chi connectivity index (χ0v) is 9.93. The van der Waals surface area contributed by atoms with Gasteiger partial charge in [0, 0.05) is 24.3 Å². The summed E-state index contributed by atoms with van der Waals surface area (Å²) in [4.78, 5) is 11.0. The SMILES string of the molecule is N[C@@H](C[C@@]12OCC[C@@H]1Nc1ccccc12)C(=O)O. The van der Waals surface area contributed by atoms with Gasteiger partial charge in [0.2, 0.25) is 0 Å². The number of carboxylic acid groups (broad SMARTS) is 1. The van der Waals surface area contributed by atoms with Gasteiger partial charge in [0.25, 0.3) is 0 Å². The average Bonchev–Trinajstić information content (AvgIpc) is 2.84. The lowest BCUT2D eigenvalue weighted by molar-refractivity contribution is -0.140. The molecule has 0 saturated carbocycles. The number of para-hydroxylation sites is 1. The van der Waals surface area contributed by atoms with Crippen LogP contribution in [0, 0.1) is 0 Å². The summed E-state index contributed by atoms with van der Waals surface area (Å²) in [5.74, 6) is -0.983. The van der Waals surface area contributed by atoms with Crippen LogP contribution in [0.1, 0.15) is 18.4 Å². The number of anilines is 1. The van der Waals surface area contributed by atoms with Crippen molar-refractivity contribution in [2.24, 2.45) is 5.73 Å². The molecule has 3 rings (SSSR count). The maximum Gasteiger partial charge on any atom is 0.320 e. The quantitative estimate of drug-likeness (QED) is 0.740. The molecular formula is C13H16N2O3. The molecule has 1 aromatic rings. The van der Waals surface area contributed by atoms with Crippen LogP contribution >= 0.6 is 0 Å². The van der Waals surface area contributed by atoms with Gasteiger partial charge in [-0.25, -0.2) is 0 Å². The van der Waals surface area contributed by atoms with Crippen molar-refractivity contribution in [2.75, 3.05) is 11.9 Å². The Bertz CT molecular complexity index is 491. The number of fused-ring (bicyclic) bond motifs is 3. The fourth-order valence-electron chi connectivity index (χ4n) is 3.04. The standard InChI is InChI=1S/C13H16N2O3/c14-9(12(16)17)7-13-8-3-1-2-4-10(8)15-11(13)5-6-18-13/h1-4,9,11,15H,5-7,14H2,(H,16,17)/t9-,11-,13-/m0/s1. The van der Waals surface area contributed by atoms with Crippen molar-refractivity contribution < 1.29 is 14.6 Å². The van der Waals surface area contributed by atoms with E-state index in [9.17, 15) is 4.79 Å². The van der Waals surface area contributed by atoms with Crippen LogP contribution in [0.2, 0.25) is 0 Å². The van der Waals surface area contributed by atoms with Gasteiger partial charge in [-0.3, -0.25) is 4.79 Å². The minimum Gasteiger partial charge on any atom is -0.480 e. The van der Waals surface area contributed by atoms with Crippen LogP contribution in [0.25, 0.3) is 0 Å². The maximum atomic E-state index is 11.0. The van der Waals surface area contributed by atoms with E-state index < -0.39 is 17.6 Å². The zero-order chi connectivity index (χ0) is 12.8. The van der Waals surface area contributed by atoms with Gasteiger partial charge in [0.15, 0.2) is 0 Å².